The molecule has 2 N–H and O–H groups in total. The first-order chi connectivity index (χ1) is 6.64. The van der Waals surface area contributed by atoms with Crippen molar-refractivity contribution in [2.24, 2.45) is 10.4 Å². The van der Waals surface area contributed by atoms with E-state index in [1.54, 1.807) is 7.05 Å². The number of hydrogen-bond donors (Lipinski definition) is 2. The molecule has 0 saturated carbocycles. The van der Waals surface area contributed by atoms with Gasteiger partial charge in [0.25, 0.3) is 0 Å². The maximum absolute atomic E-state index is 4.19. The number of rotatable bonds is 2. The van der Waals surface area contributed by atoms with Crippen molar-refractivity contribution >= 4 is 29.9 Å². The van der Waals surface area contributed by atoms with Crippen LogP contribution < -0.4 is 10.6 Å². The Hall–Kier alpha value is 0. The van der Waals surface area contributed by atoms with Gasteiger partial charge in [-0.1, -0.05) is 20.8 Å². The van der Waals surface area contributed by atoms with Crippen LogP contribution in [0.3, 0.4) is 0 Å². The van der Waals surface area contributed by atoms with Gasteiger partial charge in [-0.2, -0.15) is 0 Å². The standard InChI is InChI=1S/C12H27N3.HI/c1-11(2,3)8-9-14-10(13-7)15-12(4,5)6;/h8-9H2,1-7H3,(H2,13,14,15);1H. The molecule has 0 saturated heterocycles. The second-order valence-electron chi connectivity index (χ2n) is 6.18. The molecule has 98 valence electrons. The molecule has 4 heteroatoms. The summed E-state index contributed by atoms with van der Waals surface area (Å²) >= 11 is 0. The summed E-state index contributed by atoms with van der Waals surface area (Å²) in [5.41, 5.74) is 0.428. The van der Waals surface area contributed by atoms with E-state index in [1.807, 2.05) is 0 Å². The minimum absolute atomic E-state index is 0. The summed E-state index contributed by atoms with van der Waals surface area (Å²) in [5, 5.41) is 6.65. The van der Waals surface area contributed by atoms with Crippen molar-refractivity contribution in [1.29, 1.82) is 0 Å². The molecule has 0 rings (SSSR count). The van der Waals surface area contributed by atoms with Crippen molar-refractivity contribution in [3.05, 3.63) is 0 Å². The Bertz CT molecular complexity index is 211. The van der Waals surface area contributed by atoms with Gasteiger partial charge >= 0.3 is 0 Å². The van der Waals surface area contributed by atoms with Gasteiger partial charge in [0.2, 0.25) is 0 Å². The van der Waals surface area contributed by atoms with Crippen molar-refractivity contribution < 1.29 is 0 Å². The molecule has 16 heavy (non-hydrogen) atoms. The predicted octanol–water partition coefficient (Wildman–Crippen LogP) is 3.00. The van der Waals surface area contributed by atoms with Gasteiger partial charge in [-0.15, -0.1) is 24.0 Å². The molecule has 0 fully saturated rings. The molecule has 0 aliphatic heterocycles. The van der Waals surface area contributed by atoms with Gasteiger partial charge in [0.05, 0.1) is 0 Å². The molecule has 0 radical (unpaired) electrons. The van der Waals surface area contributed by atoms with Crippen LogP contribution in [0.1, 0.15) is 48.0 Å². The number of nitrogens with zero attached hydrogens (tertiary/aromatic N) is 1. The van der Waals surface area contributed by atoms with Crippen LogP contribution >= 0.6 is 24.0 Å². The van der Waals surface area contributed by atoms with Gasteiger partial charge in [-0.25, -0.2) is 0 Å². The van der Waals surface area contributed by atoms with Gasteiger partial charge < -0.3 is 10.6 Å². The van der Waals surface area contributed by atoms with Gasteiger partial charge in [-0.05, 0) is 32.6 Å². The normalized spacial score (nSPS) is 13.1. The average Bonchev–Trinajstić information content (AvgIpc) is 1.97. The number of hydrogen-bond acceptors (Lipinski definition) is 1. The highest BCUT2D eigenvalue weighted by Gasteiger charge is 2.13. The predicted molar refractivity (Wildman–Crippen MR) is 83.7 cm³/mol. The molecule has 0 aliphatic rings. The van der Waals surface area contributed by atoms with E-state index in [9.17, 15) is 0 Å². The van der Waals surface area contributed by atoms with Crippen LogP contribution in [0.2, 0.25) is 0 Å². The molecule has 0 aliphatic carbocycles. The Morgan fingerprint density at radius 1 is 1.06 bits per heavy atom. The second-order valence-corrected chi connectivity index (χ2v) is 6.18. The quantitative estimate of drug-likeness (QED) is 0.460. The van der Waals surface area contributed by atoms with Gasteiger partial charge in [0, 0.05) is 19.1 Å². The zero-order chi connectivity index (χ0) is 12.1. The summed E-state index contributed by atoms with van der Waals surface area (Å²) in [6.07, 6.45) is 1.14. The lowest BCUT2D eigenvalue weighted by Gasteiger charge is -2.25. The van der Waals surface area contributed by atoms with Crippen LogP contribution in [-0.2, 0) is 0 Å². The van der Waals surface area contributed by atoms with E-state index in [1.165, 1.54) is 0 Å². The van der Waals surface area contributed by atoms with Crippen LogP contribution in [0.15, 0.2) is 4.99 Å². The van der Waals surface area contributed by atoms with Crippen LogP contribution in [0.5, 0.6) is 0 Å². The molecule has 0 bridgehead atoms. The van der Waals surface area contributed by atoms with Crippen molar-refractivity contribution in [3.8, 4) is 0 Å². The Morgan fingerprint density at radius 2 is 1.56 bits per heavy atom. The maximum atomic E-state index is 4.19. The van der Waals surface area contributed by atoms with Crippen molar-refractivity contribution in [1.82, 2.24) is 10.6 Å². The maximum Gasteiger partial charge on any atom is 0.191 e. The summed E-state index contributed by atoms with van der Waals surface area (Å²) in [5.74, 6) is 0.881. The lowest BCUT2D eigenvalue weighted by atomic mass is 9.92. The van der Waals surface area contributed by atoms with E-state index in [0.29, 0.717) is 5.41 Å². The fourth-order valence-corrected chi connectivity index (χ4v) is 1.09. The van der Waals surface area contributed by atoms with Crippen LogP contribution in [0.25, 0.3) is 0 Å². The van der Waals surface area contributed by atoms with Gasteiger partial charge in [0.1, 0.15) is 0 Å². The van der Waals surface area contributed by atoms with Crippen molar-refractivity contribution in [2.45, 2.75) is 53.5 Å². The van der Waals surface area contributed by atoms with E-state index in [4.69, 9.17) is 0 Å². The Kier molecular flexibility index (Phi) is 8.44. The number of halogens is 1. The van der Waals surface area contributed by atoms with Crippen LogP contribution in [0, 0.1) is 5.41 Å². The largest absolute Gasteiger partial charge is 0.356 e. The highest BCUT2D eigenvalue weighted by molar-refractivity contribution is 14.0. The number of guanidine groups is 1. The number of nitrogens with one attached hydrogen (secondary N) is 2. The third kappa shape index (κ3) is 12.1. The van der Waals surface area contributed by atoms with E-state index in [2.05, 4.69) is 57.2 Å². The number of aliphatic imine (C=N–C) groups is 1. The van der Waals surface area contributed by atoms with Gasteiger partial charge in [-0.3, -0.25) is 4.99 Å². The molecule has 0 amide bonds. The van der Waals surface area contributed by atoms with E-state index in [-0.39, 0.29) is 29.5 Å². The first-order valence-electron chi connectivity index (χ1n) is 5.63. The Balaban J connectivity index is 0. The zero-order valence-electron chi connectivity index (χ0n) is 11.8. The third-order valence-corrected chi connectivity index (χ3v) is 1.88. The lowest BCUT2D eigenvalue weighted by molar-refractivity contribution is 0.376. The molecular weight excluding hydrogens is 313 g/mol. The van der Waals surface area contributed by atoms with Gasteiger partial charge in [0.15, 0.2) is 5.96 Å². The van der Waals surface area contributed by atoms with Crippen molar-refractivity contribution in [3.63, 3.8) is 0 Å². The van der Waals surface area contributed by atoms with Crippen molar-refractivity contribution in [2.75, 3.05) is 13.6 Å². The molecule has 0 aromatic heterocycles. The SMILES string of the molecule is CN=C(NCCC(C)(C)C)NC(C)(C)C.I. The summed E-state index contributed by atoms with van der Waals surface area (Å²) < 4.78 is 0. The topological polar surface area (TPSA) is 36.4 Å². The van der Waals surface area contributed by atoms with Crippen LogP contribution in [0.4, 0.5) is 0 Å². The first-order valence-corrected chi connectivity index (χ1v) is 5.63. The zero-order valence-corrected chi connectivity index (χ0v) is 14.1. The third-order valence-electron chi connectivity index (χ3n) is 1.88. The smallest absolute Gasteiger partial charge is 0.191 e. The molecule has 0 aromatic rings. The van der Waals surface area contributed by atoms with E-state index in [0.717, 1.165) is 18.9 Å². The Labute approximate surface area is 118 Å². The molecule has 0 unspecified atom stereocenters. The summed E-state index contributed by atoms with van der Waals surface area (Å²) in [6, 6.07) is 0. The minimum atomic E-state index is 0. The second kappa shape index (κ2) is 7.35. The highest BCUT2D eigenvalue weighted by atomic mass is 127. The Morgan fingerprint density at radius 3 is 1.88 bits per heavy atom. The van der Waals surface area contributed by atoms with E-state index < -0.39 is 0 Å². The summed E-state index contributed by atoms with van der Waals surface area (Å²) in [6.45, 7) is 14.1. The summed E-state index contributed by atoms with van der Waals surface area (Å²) in [7, 11) is 1.80. The molecule has 0 spiro atoms. The average molecular weight is 341 g/mol. The highest BCUT2D eigenvalue weighted by Crippen LogP contribution is 2.16. The molecule has 0 aromatic carbocycles. The first kappa shape index (κ1) is 18.4. The minimum Gasteiger partial charge on any atom is -0.356 e. The fraction of sp³-hybridized carbons (Fsp3) is 0.917. The lowest BCUT2D eigenvalue weighted by Crippen LogP contribution is -2.48. The van der Waals surface area contributed by atoms with Crippen LogP contribution in [-0.4, -0.2) is 25.1 Å². The monoisotopic (exact) mass is 341 g/mol. The molecule has 3 nitrogen and oxygen atoms in total. The summed E-state index contributed by atoms with van der Waals surface area (Å²) in [4.78, 5) is 4.19. The molecule has 0 heterocycles. The van der Waals surface area contributed by atoms with E-state index >= 15 is 0 Å². The molecular formula is C12H28IN3. The fourth-order valence-electron chi connectivity index (χ4n) is 1.09. The molecule has 0 atom stereocenters.